The minimum Gasteiger partial charge on any atom is -0.508 e. The van der Waals surface area contributed by atoms with Gasteiger partial charge in [-0.05, 0) is 137 Å². The van der Waals surface area contributed by atoms with Crippen LogP contribution in [0.1, 0.15) is 128 Å². The molecule has 17 rings (SSSR count). The number of aliphatic hydroxyl groups excluding tert-OH is 6. The summed E-state index contributed by atoms with van der Waals surface area (Å²) in [6, 6.07) is 22.3. The summed E-state index contributed by atoms with van der Waals surface area (Å²) >= 11 is 14.4. The monoisotopic (exact) mass is 1790 g/mol. The van der Waals surface area contributed by atoms with E-state index in [0.717, 1.165) is 100 Å². The number of nitrogens with two attached hydrogens (primary N) is 1. The second-order valence-corrected chi connectivity index (χ2v) is 33.2. The Labute approximate surface area is 732 Å². The van der Waals surface area contributed by atoms with Crippen LogP contribution in [0.3, 0.4) is 0 Å². The van der Waals surface area contributed by atoms with Gasteiger partial charge >= 0.3 is 12.1 Å². The molecule has 20 N–H and O–H groups in total. The molecule has 8 amide bonds. The van der Waals surface area contributed by atoms with Gasteiger partial charge in [-0.1, -0.05) is 122 Å². The number of alkyl carbamates (subject to hydrolysis) is 1. The van der Waals surface area contributed by atoms with Crippen molar-refractivity contribution < 1.29 is 132 Å². The molecule has 18 atom stereocenters. The molecular formula is C89H89Cl2N9O27. The second kappa shape index (κ2) is 36.7. The van der Waals surface area contributed by atoms with E-state index in [1.165, 1.54) is 6.07 Å². The molecule has 8 aromatic carbocycles. The summed E-state index contributed by atoms with van der Waals surface area (Å²) in [5, 5.41) is 138. The van der Waals surface area contributed by atoms with Crippen LogP contribution < -0.4 is 62.5 Å². The summed E-state index contributed by atoms with van der Waals surface area (Å²) < 4.78 is 51.5. The molecule has 11 bridgehead atoms. The maximum atomic E-state index is 16.4. The van der Waals surface area contributed by atoms with E-state index in [-0.39, 0.29) is 48.6 Å². The Morgan fingerprint density at radius 2 is 1.26 bits per heavy atom. The zero-order valence-corrected chi connectivity index (χ0v) is 69.5. The lowest BCUT2D eigenvalue weighted by molar-refractivity contribution is -0.334. The first-order valence-electron chi connectivity index (χ1n) is 40.4. The van der Waals surface area contributed by atoms with Crippen molar-refractivity contribution in [2.24, 2.45) is 11.7 Å². The van der Waals surface area contributed by atoms with Gasteiger partial charge in [-0.25, -0.2) is 9.59 Å². The third kappa shape index (κ3) is 18.5. The number of aliphatic hydroxyl groups is 6. The molecule has 8 aliphatic rings. The Hall–Kier alpha value is -12.7. The van der Waals surface area contributed by atoms with Gasteiger partial charge in [0.1, 0.15) is 113 Å². The van der Waals surface area contributed by atoms with Crippen molar-refractivity contribution in [3.05, 3.63) is 212 Å². The fourth-order valence-corrected chi connectivity index (χ4v) is 17.2. The lowest BCUT2D eigenvalue weighted by Gasteiger charge is -2.48. The molecule has 127 heavy (non-hydrogen) atoms. The standard InChI is InChI=1S/C89H89Cl2N9O27/c1-37(2)23-55(95-88(119)120-36-52-48-14-8-6-12-46(48)47-13-7-9-15-49(47)52)80(111)99-71-73(106)41-18-21-60(53(90)26-41)123-62-28-43-29-63(77(62)127-87-78(76(109)75(108)64(35-101)125-87)126-66-33-89(4,79(110)38(3)121-66)93-34-45-24-39-11-5-10-16-59(39)122-45)124-61-22-19-42(27-54(61)91)74(107)72-85(116)98-70(86(117)118)51-30-44(102)31-58(104)67(51)50-25-40(17-20-57(50)103)68(82(113)100-72)97-83(114)69(43)96-81(112)56(32-65(92)105)94-84(71)115/h5-22,24-31,37-38,52,55-56,64,66,68-76,78-79,87,93,101-104,106-110H,23,32-36H2,1-4H3,(H2,92,105)(H,94,115)(H,95,119)(H,96,112)(H,97,114)(H,98,116)(H,99,111)(H,100,113)(H,117,118)/t38-,55+,56-,64+,66-,68+,69+,70-,71+,72-,73+,74+,75+,76-,78+,79+,87-,89-/m0/s1. The summed E-state index contributed by atoms with van der Waals surface area (Å²) in [4.78, 5) is 134. The number of primary amides is 1. The number of phenolic OH excluding ortho intramolecular Hbond substituents is 3. The van der Waals surface area contributed by atoms with Crippen molar-refractivity contribution in [2.45, 2.75) is 169 Å². The van der Waals surface area contributed by atoms with Gasteiger partial charge in [0, 0.05) is 46.0 Å². The molecule has 666 valence electrons. The quantitative estimate of drug-likeness (QED) is 0.0468. The number of hydrogen-bond acceptors (Lipinski definition) is 27. The number of rotatable bonds is 18. The Morgan fingerprint density at radius 3 is 1.90 bits per heavy atom. The van der Waals surface area contributed by atoms with E-state index >= 15 is 28.8 Å². The van der Waals surface area contributed by atoms with Crippen molar-refractivity contribution in [2.75, 3.05) is 13.2 Å². The zero-order valence-electron chi connectivity index (χ0n) is 68.0. The van der Waals surface area contributed by atoms with Crippen LogP contribution in [0.2, 0.25) is 10.0 Å². The van der Waals surface area contributed by atoms with Crippen LogP contribution in [0.4, 0.5) is 4.79 Å². The summed E-state index contributed by atoms with van der Waals surface area (Å²) in [6.45, 7) is 5.56. The van der Waals surface area contributed by atoms with Crippen molar-refractivity contribution in [1.82, 2.24) is 42.5 Å². The number of nitrogens with one attached hydrogen (secondary N) is 8. The average Bonchev–Trinajstić information content (AvgIpc) is 1.37. The van der Waals surface area contributed by atoms with Crippen LogP contribution in [-0.4, -0.2) is 197 Å². The maximum Gasteiger partial charge on any atom is 0.407 e. The first kappa shape index (κ1) is 89.1. The van der Waals surface area contributed by atoms with E-state index in [4.69, 9.17) is 66.5 Å². The number of hydrogen-bond donors (Lipinski definition) is 19. The summed E-state index contributed by atoms with van der Waals surface area (Å²) in [7, 11) is 0. The minimum atomic E-state index is -2.43. The van der Waals surface area contributed by atoms with E-state index < -0.39 is 260 Å². The number of carbonyl (C=O) groups excluding carboxylic acids is 8. The smallest absolute Gasteiger partial charge is 0.407 e. The highest BCUT2D eigenvalue weighted by Crippen LogP contribution is 2.51. The average molecular weight is 1790 g/mol. The van der Waals surface area contributed by atoms with Crippen LogP contribution in [-0.2, 0) is 63.8 Å². The maximum absolute atomic E-state index is 16.4. The third-order valence-electron chi connectivity index (χ3n) is 23.2. The summed E-state index contributed by atoms with van der Waals surface area (Å²) in [5.41, 5.74) is 5.70. The van der Waals surface area contributed by atoms with Crippen molar-refractivity contribution in [3.8, 4) is 68.2 Å². The highest BCUT2D eigenvalue weighted by Gasteiger charge is 2.53. The summed E-state index contributed by atoms with van der Waals surface area (Å²) in [5.74, 6) is -17.1. The normalized spacial score (nSPS) is 26.1. The lowest BCUT2D eigenvalue weighted by atomic mass is 9.85. The molecule has 2 fully saturated rings. The largest absolute Gasteiger partial charge is 0.508 e. The van der Waals surface area contributed by atoms with Crippen molar-refractivity contribution in [1.29, 1.82) is 0 Å². The lowest BCUT2D eigenvalue weighted by Crippen LogP contribution is -2.65. The number of phenols is 3. The second-order valence-electron chi connectivity index (χ2n) is 32.4. The number of para-hydroxylation sites is 1. The molecule has 8 heterocycles. The number of furan rings is 1. The fourth-order valence-electron chi connectivity index (χ4n) is 16.7. The SMILES string of the molecule is CC(C)C[C@@H](NC(=O)OCC1c2ccccc2-c2ccccc21)C(=O)N[C@H]1C(=O)N[C@@H](CC(N)=O)C(=O)N[C@H]2C(=O)N[C@H]3C(=O)N[C@H](C(=O)N[C@H](C(=O)O)c4cc(O)cc(O)c4-c4cc3ccc4O)[C@H](O)c3ccc(c(Cl)c3)Oc3cc2cc(c3O[C@@H]2O[C@H](CO)[C@@H](O)[C@H](O)[C@H]2O[C@H]2C[C@](C)(NCc3cc4ccccc4o3)[C@H](O)[C@H](C)O2)Oc2ccc(cc2Cl)[C@H]1O. The number of benzene rings is 8. The van der Waals surface area contributed by atoms with Gasteiger partial charge < -0.3 is 137 Å². The number of carboxylic acid groups (broad SMARTS) is 1. The molecule has 9 aromatic rings. The molecule has 1 aromatic heterocycles. The molecule has 1 aliphatic carbocycles. The van der Waals surface area contributed by atoms with Crippen molar-refractivity contribution >= 4 is 87.6 Å². The number of carbonyl (C=O) groups is 9. The molecule has 36 nitrogen and oxygen atoms in total. The third-order valence-corrected chi connectivity index (χ3v) is 23.8. The molecule has 7 aliphatic heterocycles. The topological polar surface area (TPSA) is 556 Å². The highest BCUT2D eigenvalue weighted by molar-refractivity contribution is 6.32. The van der Waals surface area contributed by atoms with Gasteiger partial charge in [0.2, 0.25) is 53.4 Å². The van der Waals surface area contributed by atoms with E-state index in [2.05, 4.69) is 42.5 Å². The molecule has 38 heteroatoms. The number of aliphatic carboxylic acids is 1. The number of carboxylic acids is 1. The van der Waals surface area contributed by atoms with Gasteiger partial charge in [-0.3, -0.25) is 33.6 Å². The molecule has 0 unspecified atom stereocenters. The van der Waals surface area contributed by atoms with Gasteiger partial charge in [0.05, 0.1) is 41.8 Å². The number of ether oxygens (including phenoxy) is 7. The van der Waals surface area contributed by atoms with E-state index in [1.54, 1.807) is 39.8 Å². The molecule has 0 spiro atoms. The van der Waals surface area contributed by atoms with Gasteiger partial charge in [0.15, 0.2) is 29.9 Å². The van der Waals surface area contributed by atoms with Gasteiger partial charge in [0.25, 0.3) is 0 Å². The van der Waals surface area contributed by atoms with Crippen LogP contribution in [0.15, 0.2) is 162 Å². The molecule has 2 saturated heterocycles. The summed E-state index contributed by atoms with van der Waals surface area (Å²) in [6.07, 6.45) is -20.6. The molecule has 0 saturated carbocycles. The van der Waals surface area contributed by atoms with Gasteiger partial charge in [-0.2, -0.15) is 0 Å². The van der Waals surface area contributed by atoms with Crippen LogP contribution >= 0.6 is 23.2 Å². The first-order chi connectivity index (χ1) is 60.6. The predicted molar refractivity (Wildman–Crippen MR) is 447 cm³/mol. The predicted octanol–water partition coefficient (Wildman–Crippen LogP) is 6.00. The highest BCUT2D eigenvalue weighted by atomic mass is 35.5. The van der Waals surface area contributed by atoms with Crippen LogP contribution in [0.25, 0.3) is 33.2 Å². The Balaban J connectivity index is 0.867. The van der Waals surface area contributed by atoms with Crippen molar-refractivity contribution in [3.63, 3.8) is 0 Å². The molecule has 0 radical (unpaired) electrons. The van der Waals surface area contributed by atoms with Gasteiger partial charge in [-0.15, -0.1) is 0 Å². The van der Waals surface area contributed by atoms with E-state index in [9.17, 15) is 65.4 Å². The Kier molecular flexibility index (Phi) is 25.8. The van der Waals surface area contributed by atoms with E-state index in [0.29, 0.717) is 11.3 Å². The van der Waals surface area contributed by atoms with E-state index in [1.807, 2.05) is 66.7 Å². The first-order valence-corrected chi connectivity index (χ1v) is 41.2. The number of fused-ring (bicyclic) bond motifs is 19. The van der Waals surface area contributed by atoms with Crippen LogP contribution in [0.5, 0.6) is 46.0 Å². The number of aromatic hydroxyl groups is 3. The Morgan fingerprint density at radius 1 is 0.638 bits per heavy atom. The molecular weight excluding hydrogens is 1700 g/mol. The zero-order chi connectivity index (χ0) is 90.5. The number of amides is 8. The van der Waals surface area contributed by atoms with Crippen LogP contribution in [0, 0.1) is 5.92 Å². The minimum absolute atomic E-state index is 0.0693. The Bertz CT molecular complexity index is 5740. The number of halogens is 2. The fraction of sp³-hybridized carbons (Fsp3) is 0.337.